The smallest absolute Gasteiger partial charge is 0.262 e. The first kappa shape index (κ1) is 27.3. The second-order valence-electron chi connectivity index (χ2n) is 10.3. The Hall–Kier alpha value is -3.86. The number of aryl methyl sites for hydroxylation is 1. The molecule has 3 aliphatic rings. The van der Waals surface area contributed by atoms with E-state index in [-0.39, 0.29) is 31.2 Å². The highest BCUT2D eigenvalue weighted by Gasteiger charge is 2.36. The van der Waals surface area contributed by atoms with Crippen molar-refractivity contribution in [3.8, 4) is 11.5 Å². The van der Waals surface area contributed by atoms with Gasteiger partial charge in [0, 0.05) is 45.8 Å². The molecule has 4 heterocycles. The van der Waals surface area contributed by atoms with Gasteiger partial charge in [-0.1, -0.05) is 29.8 Å². The number of morpholine rings is 1. The minimum atomic E-state index is -0.363. The van der Waals surface area contributed by atoms with Gasteiger partial charge in [-0.25, -0.2) is 5.01 Å². The Kier molecular flexibility index (Phi) is 7.95. The van der Waals surface area contributed by atoms with Crippen LogP contribution in [-0.4, -0.2) is 89.6 Å². The van der Waals surface area contributed by atoms with E-state index in [0.29, 0.717) is 54.8 Å². The Bertz CT molecular complexity index is 1470. The largest absolute Gasteiger partial charge is 0.454 e. The van der Waals surface area contributed by atoms with E-state index in [0.717, 1.165) is 30.1 Å². The van der Waals surface area contributed by atoms with Gasteiger partial charge in [0.05, 0.1) is 41.2 Å². The van der Waals surface area contributed by atoms with E-state index in [1.165, 1.54) is 5.01 Å². The summed E-state index contributed by atoms with van der Waals surface area (Å²) in [6.45, 7) is 3.88. The number of benzene rings is 2. The van der Waals surface area contributed by atoms with Crippen LogP contribution in [0.4, 0.5) is 0 Å². The molecule has 2 amide bonds. The van der Waals surface area contributed by atoms with Crippen molar-refractivity contribution in [1.82, 2.24) is 19.4 Å². The first-order valence-corrected chi connectivity index (χ1v) is 14.1. The number of amides is 2. The molecule has 0 aliphatic carbocycles. The van der Waals surface area contributed by atoms with Gasteiger partial charge in [0.15, 0.2) is 11.5 Å². The molecule has 6 rings (SSSR count). The standard InChI is InChI=1S/C30H32ClN5O5/c1-33-10-4-7-25(33)24-18-26(21-8-9-27-28(17-21)41-20-40-27)36(32-24)29(37)19-35(12-11-34-13-15-39-16-14-34)30(38)22-5-2-3-6-23(22)31/h2-10,17,26H,11-16,18-20H2,1H3/t26-/m0/s1. The summed E-state index contributed by atoms with van der Waals surface area (Å²) in [5, 5.41) is 6.68. The quantitative estimate of drug-likeness (QED) is 0.407. The number of ether oxygens (including phenoxy) is 3. The first-order chi connectivity index (χ1) is 20.0. The highest BCUT2D eigenvalue weighted by molar-refractivity contribution is 6.33. The van der Waals surface area contributed by atoms with Gasteiger partial charge >= 0.3 is 0 Å². The molecule has 3 aliphatic heterocycles. The molecule has 214 valence electrons. The number of hydrogen-bond donors (Lipinski definition) is 0. The molecule has 0 unspecified atom stereocenters. The summed E-state index contributed by atoms with van der Waals surface area (Å²) in [6, 6.07) is 16.2. The number of nitrogens with zero attached hydrogens (tertiary/aromatic N) is 5. The molecule has 0 radical (unpaired) electrons. The highest BCUT2D eigenvalue weighted by atomic mass is 35.5. The van der Waals surface area contributed by atoms with E-state index in [1.807, 2.05) is 48.1 Å². The molecule has 0 N–H and O–H groups in total. The SMILES string of the molecule is Cn1cccc1C1=NN(C(=O)CN(CCN2CCOCC2)C(=O)c2ccccc2Cl)[C@H](c2ccc3c(c2)OCO3)C1. The number of aromatic nitrogens is 1. The third-order valence-electron chi connectivity index (χ3n) is 7.69. The van der Waals surface area contributed by atoms with Crippen LogP contribution >= 0.6 is 11.6 Å². The van der Waals surface area contributed by atoms with Crippen LogP contribution in [0.2, 0.25) is 5.02 Å². The summed E-state index contributed by atoms with van der Waals surface area (Å²) in [7, 11) is 1.95. The number of carbonyl (C=O) groups is 2. The third kappa shape index (κ3) is 5.81. The summed E-state index contributed by atoms with van der Waals surface area (Å²) >= 11 is 6.40. The zero-order valence-electron chi connectivity index (χ0n) is 22.9. The molecular formula is C30H32ClN5O5. The molecule has 1 saturated heterocycles. The summed E-state index contributed by atoms with van der Waals surface area (Å²) in [4.78, 5) is 31.6. The molecule has 1 atom stereocenters. The Balaban J connectivity index is 1.28. The van der Waals surface area contributed by atoms with Crippen molar-refractivity contribution >= 4 is 29.1 Å². The first-order valence-electron chi connectivity index (χ1n) is 13.7. The average molecular weight is 578 g/mol. The minimum absolute atomic E-state index is 0.140. The normalized spacial score (nSPS) is 18.4. The van der Waals surface area contributed by atoms with Crippen molar-refractivity contribution in [2.45, 2.75) is 12.5 Å². The van der Waals surface area contributed by atoms with Crippen molar-refractivity contribution in [3.63, 3.8) is 0 Å². The topological polar surface area (TPSA) is 88.8 Å². The van der Waals surface area contributed by atoms with Gasteiger partial charge in [0.25, 0.3) is 11.8 Å². The maximum absolute atomic E-state index is 14.0. The lowest BCUT2D eigenvalue weighted by Gasteiger charge is -2.31. The fourth-order valence-electron chi connectivity index (χ4n) is 5.42. The number of halogens is 1. The molecule has 11 heteroatoms. The van der Waals surface area contributed by atoms with Crippen molar-refractivity contribution < 1.29 is 23.8 Å². The number of carbonyl (C=O) groups excluding carboxylic acids is 2. The fourth-order valence-corrected chi connectivity index (χ4v) is 5.63. The van der Waals surface area contributed by atoms with Gasteiger partial charge < -0.3 is 23.7 Å². The van der Waals surface area contributed by atoms with E-state index >= 15 is 0 Å². The van der Waals surface area contributed by atoms with E-state index in [1.54, 1.807) is 29.2 Å². The molecule has 3 aromatic rings. The van der Waals surface area contributed by atoms with Crippen LogP contribution in [0.15, 0.2) is 65.9 Å². The zero-order chi connectivity index (χ0) is 28.3. The second kappa shape index (κ2) is 11.9. The molecule has 0 spiro atoms. The Morgan fingerprint density at radius 2 is 1.85 bits per heavy atom. The van der Waals surface area contributed by atoms with Crippen molar-refractivity contribution in [1.29, 1.82) is 0 Å². The maximum atomic E-state index is 14.0. The van der Waals surface area contributed by atoms with Crippen LogP contribution in [0.1, 0.15) is 34.1 Å². The van der Waals surface area contributed by atoms with Gasteiger partial charge in [0.1, 0.15) is 6.54 Å². The molecule has 2 aromatic carbocycles. The summed E-state index contributed by atoms with van der Waals surface area (Å²) in [6.07, 6.45) is 2.48. The summed E-state index contributed by atoms with van der Waals surface area (Å²) in [5.74, 6) is 0.748. The molecule has 10 nitrogen and oxygen atoms in total. The Labute approximate surface area is 243 Å². The molecule has 41 heavy (non-hydrogen) atoms. The Morgan fingerprint density at radius 1 is 1.05 bits per heavy atom. The third-order valence-corrected chi connectivity index (χ3v) is 8.02. The number of fused-ring (bicyclic) bond motifs is 1. The van der Waals surface area contributed by atoms with Crippen molar-refractivity contribution in [2.75, 3.05) is 52.7 Å². The van der Waals surface area contributed by atoms with Crippen LogP contribution in [0.25, 0.3) is 0 Å². The van der Waals surface area contributed by atoms with Crippen LogP contribution in [0.5, 0.6) is 11.5 Å². The van der Waals surface area contributed by atoms with Gasteiger partial charge in [0.2, 0.25) is 6.79 Å². The summed E-state index contributed by atoms with van der Waals surface area (Å²) < 4.78 is 18.6. The van der Waals surface area contributed by atoms with E-state index in [4.69, 9.17) is 30.9 Å². The monoisotopic (exact) mass is 577 g/mol. The lowest BCUT2D eigenvalue weighted by atomic mass is 10.00. The van der Waals surface area contributed by atoms with Crippen molar-refractivity contribution in [2.24, 2.45) is 12.1 Å². The van der Waals surface area contributed by atoms with Gasteiger partial charge in [-0.05, 0) is 42.0 Å². The van der Waals surface area contributed by atoms with Crippen LogP contribution < -0.4 is 9.47 Å². The number of rotatable bonds is 8. The molecule has 1 fully saturated rings. The minimum Gasteiger partial charge on any atom is -0.454 e. The molecule has 0 saturated carbocycles. The predicted octanol–water partition coefficient (Wildman–Crippen LogP) is 3.56. The highest BCUT2D eigenvalue weighted by Crippen LogP contribution is 2.39. The van der Waals surface area contributed by atoms with Crippen LogP contribution in [0, 0.1) is 0 Å². The average Bonchev–Trinajstić information content (AvgIpc) is 3.74. The fraction of sp³-hybridized carbons (Fsp3) is 0.367. The lowest BCUT2D eigenvalue weighted by Crippen LogP contribution is -2.46. The second-order valence-corrected chi connectivity index (χ2v) is 10.7. The van der Waals surface area contributed by atoms with Gasteiger partial charge in [-0.15, -0.1) is 0 Å². The van der Waals surface area contributed by atoms with Crippen molar-refractivity contribution in [3.05, 3.63) is 82.6 Å². The lowest BCUT2D eigenvalue weighted by molar-refractivity contribution is -0.133. The number of hydrogen-bond acceptors (Lipinski definition) is 7. The van der Waals surface area contributed by atoms with E-state index in [9.17, 15) is 9.59 Å². The number of hydrazone groups is 1. The van der Waals surface area contributed by atoms with E-state index < -0.39 is 0 Å². The van der Waals surface area contributed by atoms with Crippen LogP contribution in [0.3, 0.4) is 0 Å². The van der Waals surface area contributed by atoms with Gasteiger partial charge in [-0.3, -0.25) is 14.5 Å². The van der Waals surface area contributed by atoms with E-state index in [2.05, 4.69) is 4.90 Å². The maximum Gasteiger partial charge on any atom is 0.262 e. The molecular weight excluding hydrogens is 546 g/mol. The Morgan fingerprint density at radius 3 is 2.63 bits per heavy atom. The van der Waals surface area contributed by atoms with Gasteiger partial charge in [-0.2, -0.15) is 5.10 Å². The zero-order valence-corrected chi connectivity index (χ0v) is 23.6. The predicted molar refractivity (Wildman–Crippen MR) is 153 cm³/mol. The van der Waals surface area contributed by atoms with Crippen LogP contribution in [-0.2, 0) is 16.6 Å². The molecule has 1 aromatic heterocycles. The molecule has 0 bridgehead atoms. The summed E-state index contributed by atoms with van der Waals surface area (Å²) in [5.41, 5.74) is 2.98.